The van der Waals surface area contributed by atoms with Crippen molar-refractivity contribution >= 4 is 67.8 Å². The molecule has 0 bridgehead atoms. The average molecular weight is 550 g/mol. The Morgan fingerprint density at radius 1 is 1.09 bits per heavy atom. The lowest BCUT2D eigenvalue weighted by molar-refractivity contribution is -0.125. The molecule has 0 fully saturated rings. The topological polar surface area (TPSA) is 87.7 Å². The number of rotatable bonds is 6. The molecular formula is C24H21Cl2N3O4S2. The van der Waals surface area contributed by atoms with E-state index in [9.17, 15) is 13.2 Å². The normalized spacial score (nSPS) is 13.6. The fourth-order valence-corrected chi connectivity index (χ4v) is 5.76. The summed E-state index contributed by atoms with van der Waals surface area (Å²) in [7, 11) is -3.70. The highest BCUT2D eigenvalue weighted by atomic mass is 35.5. The molecule has 11 heteroatoms. The zero-order valence-electron chi connectivity index (χ0n) is 18.5. The Kier molecular flexibility index (Phi) is 7.51. The molecule has 35 heavy (non-hydrogen) atoms. The third-order valence-corrected chi connectivity index (χ3v) is 7.91. The van der Waals surface area contributed by atoms with Crippen molar-refractivity contribution in [3.63, 3.8) is 0 Å². The van der Waals surface area contributed by atoms with Gasteiger partial charge in [0.25, 0.3) is 15.9 Å². The second-order valence-corrected chi connectivity index (χ2v) is 10.9. The van der Waals surface area contributed by atoms with Crippen LogP contribution in [0.25, 0.3) is 0 Å². The van der Waals surface area contributed by atoms with Crippen molar-refractivity contribution in [1.29, 1.82) is 0 Å². The Labute approximate surface area is 219 Å². The zero-order valence-corrected chi connectivity index (χ0v) is 21.6. The fraction of sp³-hybridized carbons (Fsp3) is 0.167. The summed E-state index contributed by atoms with van der Waals surface area (Å²) in [6.07, 6.45) is -0.209. The Bertz CT molecular complexity index is 1380. The van der Waals surface area contributed by atoms with Crippen LogP contribution in [0.1, 0.15) is 12.5 Å². The van der Waals surface area contributed by atoms with E-state index in [1.54, 1.807) is 31.2 Å². The molecule has 3 aromatic rings. The molecule has 1 aliphatic rings. The minimum absolute atomic E-state index is 0.0386. The molecule has 0 spiro atoms. The van der Waals surface area contributed by atoms with E-state index in [1.807, 2.05) is 24.3 Å². The minimum atomic E-state index is -3.70. The maximum Gasteiger partial charge on any atom is 0.266 e. The van der Waals surface area contributed by atoms with Gasteiger partial charge < -0.3 is 10.1 Å². The molecule has 0 aromatic heterocycles. The monoisotopic (exact) mass is 549 g/mol. The number of benzene rings is 3. The maximum absolute atomic E-state index is 13.1. The number of carbonyl (C=O) groups excluding carboxylic acids is 1. The van der Waals surface area contributed by atoms with Gasteiger partial charge in [-0.2, -0.15) is 0 Å². The summed E-state index contributed by atoms with van der Waals surface area (Å²) >= 11 is 17.2. The number of carbonyl (C=O) groups is 1. The van der Waals surface area contributed by atoms with Gasteiger partial charge in [0.1, 0.15) is 5.75 Å². The number of para-hydroxylation sites is 1. The van der Waals surface area contributed by atoms with Gasteiger partial charge in [-0.15, -0.1) is 0 Å². The zero-order chi connectivity index (χ0) is 25.2. The number of nitrogens with one attached hydrogen (secondary N) is 2. The van der Waals surface area contributed by atoms with E-state index in [0.29, 0.717) is 35.1 Å². The van der Waals surface area contributed by atoms with Crippen LogP contribution in [-0.2, 0) is 21.2 Å². The van der Waals surface area contributed by atoms with E-state index in [1.165, 1.54) is 22.5 Å². The molecule has 0 radical (unpaired) electrons. The summed E-state index contributed by atoms with van der Waals surface area (Å²) in [6, 6.07) is 18.3. The number of hydrogen-bond donors (Lipinski definition) is 2. The summed E-state index contributed by atoms with van der Waals surface area (Å²) in [4.78, 5) is 12.6. The van der Waals surface area contributed by atoms with Crippen LogP contribution >= 0.6 is 35.4 Å². The first-order chi connectivity index (χ1) is 16.6. The largest absolute Gasteiger partial charge is 0.479 e. The first-order valence-electron chi connectivity index (χ1n) is 10.6. The van der Waals surface area contributed by atoms with Crippen molar-refractivity contribution in [2.24, 2.45) is 0 Å². The van der Waals surface area contributed by atoms with Gasteiger partial charge in [-0.3, -0.25) is 14.4 Å². The summed E-state index contributed by atoms with van der Waals surface area (Å²) in [6.45, 7) is 1.96. The van der Waals surface area contributed by atoms with Crippen LogP contribution < -0.4 is 19.7 Å². The SMILES string of the molecule is CC(Oc1ccc(Cl)cc1Cl)C(=O)NC(=S)Nc1ccc(S(=O)(=O)N2CCc3ccccc32)cc1. The van der Waals surface area contributed by atoms with Crippen LogP contribution in [0.5, 0.6) is 5.75 Å². The number of halogens is 2. The third-order valence-electron chi connectivity index (χ3n) is 5.35. The number of thiocarbonyl (C=S) groups is 1. The van der Waals surface area contributed by atoms with E-state index >= 15 is 0 Å². The van der Waals surface area contributed by atoms with Gasteiger partial charge in [-0.1, -0.05) is 41.4 Å². The van der Waals surface area contributed by atoms with Gasteiger partial charge in [0.15, 0.2) is 11.2 Å². The smallest absolute Gasteiger partial charge is 0.266 e. The third kappa shape index (κ3) is 5.70. The number of sulfonamides is 1. The van der Waals surface area contributed by atoms with Crippen molar-refractivity contribution in [3.05, 3.63) is 82.3 Å². The van der Waals surface area contributed by atoms with Crippen LogP contribution in [0.3, 0.4) is 0 Å². The fourth-order valence-electron chi connectivity index (χ4n) is 3.59. The van der Waals surface area contributed by atoms with Crippen molar-refractivity contribution in [1.82, 2.24) is 5.32 Å². The molecule has 0 saturated heterocycles. The number of fused-ring (bicyclic) bond motifs is 1. The molecule has 0 aliphatic carbocycles. The molecule has 1 unspecified atom stereocenters. The number of hydrogen-bond acceptors (Lipinski definition) is 5. The van der Waals surface area contributed by atoms with E-state index < -0.39 is 22.0 Å². The van der Waals surface area contributed by atoms with E-state index in [-0.39, 0.29) is 15.0 Å². The van der Waals surface area contributed by atoms with Gasteiger partial charge >= 0.3 is 0 Å². The molecule has 1 amide bonds. The second-order valence-electron chi connectivity index (χ2n) is 7.76. The lowest BCUT2D eigenvalue weighted by atomic mass is 10.2. The molecule has 3 aromatic carbocycles. The lowest BCUT2D eigenvalue weighted by Gasteiger charge is -2.20. The first-order valence-corrected chi connectivity index (χ1v) is 13.2. The van der Waals surface area contributed by atoms with Crippen LogP contribution in [0.4, 0.5) is 11.4 Å². The Morgan fingerprint density at radius 2 is 1.80 bits per heavy atom. The maximum atomic E-state index is 13.1. The molecule has 1 atom stereocenters. The molecule has 2 N–H and O–H groups in total. The lowest BCUT2D eigenvalue weighted by Crippen LogP contribution is -2.42. The highest BCUT2D eigenvalue weighted by Gasteiger charge is 2.30. The van der Waals surface area contributed by atoms with E-state index in [4.69, 9.17) is 40.2 Å². The molecule has 1 aliphatic heterocycles. The first kappa shape index (κ1) is 25.2. The van der Waals surface area contributed by atoms with Crippen LogP contribution in [0, 0.1) is 0 Å². The van der Waals surface area contributed by atoms with Crippen LogP contribution in [-0.4, -0.2) is 32.1 Å². The second kappa shape index (κ2) is 10.4. The summed E-state index contributed by atoms with van der Waals surface area (Å²) in [5.41, 5.74) is 2.23. The molecular weight excluding hydrogens is 529 g/mol. The Morgan fingerprint density at radius 3 is 2.51 bits per heavy atom. The highest BCUT2D eigenvalue weighted by Crippen LogP contribution is 2.33. The number of anilines is 2. The van der Waals surface area contributed by atoms with E-state index in [0.717, 1.165) is 5.56 Å². The van der Waals surface area contributed by atoms with Crippen LogP contribution in [0.15, 0.2) is 71.6 Å². The number of amides is 1. The molecule has 182 valence electrons. The van der Waals surface area contributed by atoms with Crippen LogP contribution in [0.2, 0.25) is 10.0 Å². The van der Waals surface area contributed by atoms with Gasteiger partial charge in [-0.05, 0) is 79.7 Å². The van der Waals surface area contributed by atoms with Crippen molar-refractivity contribution in [2.75, 3.05) is 16.2 Å². The van der Waals surface area contributed by atoms with Gasteiger partial charge in [0, 0.05) is 17.3 Å². The van der Waals surface area contributed by atoms with Crippen molar-refractivity contribution < 1.29 is 17.9 Å². The van der Waals surface area contributed by atoms with E-state index in [2.05, 4.69) is 10.6 Å². The summed E-state index contributed by atoms with van der Waals surface area (Å²) in [5, 5.41) is 6.18. The summed E-state index contributed by atoms with van der Waals surface area (Å²) in [5.74, 6) is -0.171. The predicted molar refractivity (Wildman–Crippen MR) is 142 cm³/mol. The molecule has 7 nitrogen and oxygen atoms in total. The quantitative estimate of drug-likeness (QED) is 0.419. The Balaban J connectivity index is 1.36. The summed E-state index contributed by atoms with van der Waals surface area (Å²) < 4.78 is 33.3. The van der Waals surface area contributed by atoms with Gasteiger partial charge in [0.05, 0.1) is 15.6 Å². The Hall–Kier alpha value is -2.85. The molecule has 0 saturated carbocycles. The number of nitrogens with zero attached hydrogens (tertiary/aromatic N) is 1. The number of ether oxygens (including phenoxy) is 1. The highest BCUT2D eigenvalue weighted by molar-refractivity contribution is 7.92. The molecule has 1 heterocycles. The minimum Gasteiger partial charge on any atom is -0.479 e. The standard InChI is InChI=1S/C24H21Cl2N3O4S2/c1-15(33-22-11-6-17(25)14-20(22)26)23(30)28-24(34)27-18-7-9-19(10-8-18)35(31,32)29-13-12-16-4-2-3-5-21(16)29/h2-11,14-15H,12-13H2,1H3,(H2,27,28,30,34). The predicted octanol–water partition coefficient (Wildman–Crippen LogP) is 5.03. The van der Waals surface area contributed by atoms with Crippen molar-refractivity contribution in [2.45, 2.75) is 24.3 Å². The van der Waals surface area contributed by atoms with Crippen molar-refractivity contribution in [3.8, 4) is 5.75 Å². The van der Waals surface area contributed by atoms with Gasteiger partial charge in [0.2, 0.25) is 0 Å². The van der Waals surface area contributed by atoms with Gasteiger partial charge in [-0.25, -0.2) is 8.42 Å². The average Bonchev–Trinajstić information content (AvgIpc) is 3.26. The molecule has 4 rings (SSSR count).